The summed E-state index contributed by atoms with van der Waals surface area (Å²) < 4.78 is 2.64. The van der Waals surface area contributed by atoms with Gasteiger partial charge in [0.05, 0.1) is 0 Å². The fourth-order valence-electron chi connectivity index (χ4n) is 7.61. The topological polar surface area (TPSA) is 3.24 Å². The number of hydrogen-bond donors (Lipinski definition) is 0. The summed E-state index contributed by atoms with van der Waals surface area (Å²) in [5.74, 6) is 0. The molecule has 224 valence electrons. The van der Waals surface area contributed by atoms with Gasteiger partial charge in [0.15, 0.2) is 0 Å². The molecule has 0 aliphatic rings. The van der Waals surface area contributed by atoms with Crippen LogP contribution in [0.3, 0.4) is 0 Å². The van der Waals surface area contributed by atoms with Crippen molar-refractivity contribution >= 4 is 91.7 Å². The molecule has 0 aliphatic carbocycles. The maximum absolute atomic E-state index is 2.38. The molecule has 9 aromatic carbocycles. The zero-order valence-electron chi connectivity index (χ0n) is 26.1. The number of rotatable bonds is 4. The Morgan fingerprint density at radius 3 is 1.81 bits per heavy atom. The summed E-state index contributed by atoms with van der Waals surface area (Å²) in [6.07, 6.45) is 0. The lowest BCUT2D eigenvalue weighted by Crippen LogP contribution is -2.09. The molecule has 0 spiro atoms. The van der Waals surface area contributed by atoms with Crippen LogP contribution < -0.4 is 4.90 Å². The lowest BCUT2D eigenvalue weighted by atomic mass is 9.91. The van der Waals surface area contributed by atoms with Crippen molar-refractivity contribution in [3.63, 3.8) is 0 Å². The molecule has 0 fully saturated rings. The fourth-order valence-corrected chi connectivity index (χ4v) is 8.71. The Bertz CT molecular complexity index is 2830. The minimum atomic E-state index is 1.13. The van der Waals surface area contributed by atoms with E-state index in [4.69, 9.17) is 0 Å². The maximum Gasteiger partial charge on any atom is 0.0468 e. The van der Waals surface area contributed by atoms with Crippen LogP contribution in [0.1, 0.15) is 0 Å². The first kappa shape index (κ1) is 27.2. The number of nitrogens with zero attached hydrogens (tertiary/aromatic N) is 1. The largest absolute Gasteiger partial charge is 0.310 e. The normalized spacial score (nSPS) is 11.8. The Morgan fingerprint density at radius 1 is 0.333 bits per heavy atom. The van der Waals surface area contributed by atoms with Crippen molar-refractivity contribution in [2.75, 3.05) is 4.90 Å². The lowest BCUT2D eigenvalue weighted by Gasteiger charge is -2.26. The minimum Gasteiger partial charge on any atom is -0.310 e. The smallest absolute Gasteiger partial charge is 0.0468 e. The molecule has 0 saturated carbocycles. The van der Waals surface area contributed by atoms with E-state index in [9.17, 15) is 0 Å². The summed E-state index contributed by atoms with van der Waals surface area (Å²) in [6, 6.07) is 64.5. The number of fused-ring (bicyclic) bond motifs is 10. The number of anilines is 3. The zero-order valence-corrected chi connectivity index (χ0v) is 26.9. The van der Waals surface area contributed by atoms with Crippen LogP contribution in [-0.4, -0.2) is 0 Å². The van der Waals surface area contributed by atoms with Crippen LogP contribution >= 0.6 is 11.3 Å². The van der Waals surface area contributed by atoms with Crippen LogP contribution in [0.5, 0.6) is 0 Å². The SMILES string of the molecule is c1ccc(N(c2ccc(-c3cccc4ccc5c6ccccc6ccc5c34)cc2)c2ccc3sc4ccc5ccccc5c4c3c2)cc1. The summed E-state index contributed by atoms with van der Waals surface area (Å²) in [7, 11) is 0. The van der Waals surface area contributed by atoms with E-state index in [2.05, 4.69) is 181 Å². The molecular weight excluding hydrogens is 599 g/mol. The highest BCUT2D eigenvalue weighted by Gasteiger charge is 2.17. The van der Waals surface area contributed by atoms with E-state index in [1.54, 1.807) is 0 Å². The molecule has 48 heavy (non-hydrogen) atoms. The molecule has 0 radical (unpaired) electrons. The van der Waals surface area contributed by atoms with Crippen LogP contribution in [0.4, 0.5) is 17.1 Å². The number of para-hydroxylation sites is 1. The molecule has 0 atom stereocenters. The van der Waals surface area contributed by atoms with Crippen molar-refractivity contribution in [2.24, 2.45) is 0 Å². The molecule has 0 bridgehead atoms. The quantitative estimate of drug-likeness (QED) is 0.176. The predicted molar refractivity (Wildman–Crippen MR) is 209 cm³/mol. The number of benzene rings is 9. The van der Waals surface area contributed by atoms with Crippen LogP contribution in [0.25, 0.3) is 74.4 Å². The van der Waals surface area contributed by atoms with Crippen molar-refractivity contribution in [2.45, 2.75) is 0 Å². The molecular formula is C46H29NS. The molecule has 2 heteroatoms. The van der Waals surface area contributed by atoms with E-state index < -0.39 is 0 Å². The van der Waals surface area contributed by atoms with E-state index in [1.807, 2.05) is 11.3 Å². The third-order valence-electron chi connectivity index (χ3n) is 9.82. The molecule has 0 saturated heterocycles. The summed E-state index contributed by atoms with van der Waals surface area (Å²) in [6.45, 7) is 0. The van der Waals surface area contributed by atoms with E-state index >= 15 is 0 Å². The molecule has 0 aliphatic heterocycles. The monoisotopic (exact) mass is 627 g/mol. The average molecular weight is 628 g/mol. The third-order valence-corrected chi connectivity index (χ3v) is 11.0. The van der Waals surface area contributed by atoms with Gasteiger partial charge in [-0.05, 0) is 103 Å². The van der Waals surface area contributed by atoms with Gasteiger partial charge in [0, 0.05) is 37.2 Å². The van der Waals surface area contributed by atoms with Crippen molar-refractivity contribution in [1.82, 2.24) is 0 Å². The van der Waals surface area contributed by atoms with Gasteiger partial charge < -0.3 is 4.90 Å². The molecule has 0 unspecified atom stereocenters. The predicted octanol–water partition coefficient (Wildman–Crippen LogP) is 13.8. The first-order chi connectivity index (χ1) is 23.8. The summed E-state index contributed by atoms with van der Waals surface area (Å²) >= 11 is 1.87. The molecule has 0 N–H and O–H groups in total. The van der Waals surface area contributed by atoms with Crippen LogP contribution in [0.15, 0.2) is 176 Å². The van der Waals surface area contributed by atoms with Crippen molar-refractivity contribution in [3.05, 3.63) is 176 Å². The first-order valence-electron chi connectivity index (χ1n) is 16.4. The van der Waals surface area contributed by atoms with Gasteiger partial charge >= 0.3 is 0 Å². The van der Waals surface area contributed by atoms with E-state index in [1.165, 1.54) is 74.4 Å². The lowest BCUT2D eigenvalue weighted by molar-refractivity contribution is 1.29. The standard InChI is InChI=1S/C46H29NS/c1-2-12-34(13-3-1)47(36-24-28-43-42(29-36)46-39-15-7-5-10-31(39)21-27-44(46)48-43)35-22-17-32(18-23-35)38-16-8-11-33-20-25-40-37-14-6-4-9-30(37)19-26-41(40)45(33)38/h1-29H. The minimum absolute atomic E-state index is 1.13. The highest BCUT2D eigenvalue weighted by atomic mass is 32.1. The van der Waals surface area contributed by atoms with Gasteiger partial charge in [-0.3, -0.25) is 0 Å². The van der Waals surface area contributed by atoms with Gasteiger partial charge in [-0.1, -0.05) is 127 Å². The Kier molecular flexibility index (Phi) is 6.12. The summed E-state index contributed by atoms with van der Waals surface area (Å²) in [4.78, 5) is 2.38. The van der Waals surface area contributed by atoms with Gasteiger partial charge in [0.25, 0.3) is 0 Å². The second-order valence-electron chi connectivity index (χ2n) is 12.5. The first-order valence-corrected chi connectivity index (χ1v) is 17.2. The third kappa shape index (κ3) is 4.24. The van der Waals surface area contributed by atoms with Crippen LogP contribution in [-0.2, 0) is 0 Å². The van der Waals surface area contributed by atoms with E-state index in [0.29, 0.717) is 0 Å². The van der Waals surface area contributed by atoms with Gasteiger partial charge in [-0.25, -0.2) is 0 Å². The molecule has 1 heterocycles. The van der Waals surface area contributed by atoms with Crippen LogP contribution in [0.2, 0.25) is 0 Å². The van der Waals surface area contributed by atoms with E-state index in [-0.39, 0.29) is 0 Å². The second kappa shape index (κ2) is 10.8. The van der Waals surface area contributed by atoms with Crippen LogP contribution in [0, 0.1) is 0 Å². The summed E-state index contributed by atoms with van der Waals surface area (Å²) in [5.41, 5.74) is 5.88. The second-order valence-corrected chi connectivity index (χ2v) is 13.6. The highest BCUT2D eigenvalue weighted by molar-refractivity contribution is 7.26. The maximum atomic E-state index is 2.38. The van der Waals surface area contributed by atoms with Gasteiger partial charge in [0.2, 0.25) is 0 Å². The summed E-state index contributed by atoms with van der Waals surface area (Å²) in [5, 5.41) is 12.9. The van der Waals surface area contributed by atoms with Gasteiger partial charge in [-0.2, -0.15) is 0 Å². The Balaban J connectivity index is 1.13. The van der Waals surface area contributed by atoms with Gasteiger partial charge in [0.1, 0.15) is 0 Å². The average Bonchev–Trinajstić information content (AvgIpc) is 3.54. The van der Waals surface area contributed by atoms with Crippen molar-refractivity contribution in [1.29, 1.82) is 0 Å². The molecule has 10 aromatic rings. The van der Waals surface area contributed by atoms with E-state index in [0.717, 1.165) is 17.1 Å². The Labute approximate surface area is 282 Å². The fraction of sp³-hybridized carbons (Fsp3) is 0. The van der Waals surface area contributed by atoms with Gasteiger partial charge in [-0.15, -0.1) is 11.3 Å². The Morgan fingerprint density at radius 2 is 0.958 bits per heavy atom. The van der Waals surface area contributed by atoms with Crippen molar-refractivity contribution < 1.29 is 0 Å². The molecule has 0 amide bonds. The molecule has 10 rings (SSSR count). The number of thiophene rings is 1. The number of hydrogen-bond acceptors (Lipinski definition) is 2. The molecule has 1 aromatic heterocycles. The Hall–Kier alpha value is -5.96. The highest BCUT2D eigenvalue weighted by Crippen LogP contribution is 2.44. The van der Waals surface area contributed by atoms with Crippen molar-refractivity contribution in [3.8, 4) is 11.1 Å². The molecule has 1 nitrogen and oxygen atoms in total. The zero-order chi connectivity index (χ0) is 31.6.